The molecule has 0 bridgehead atoms. The summed E-state index contributed by atoms with van der Waals surface area (Å²) in [6.45, 7) is 0. The van der Waals surface area contributed by atoms with Crippen LogP contribution in [0.25, 0.3) is 0 Å². The predicted molar refractivity (Wildman–Crippen MR) is 50.7 cm³/mol. The van der Waals surface area contributed by atoms with Gasteiger partial charge < -0.3 is 5.73 Å². The molecule has 0 spiro atoms. The molecule has 1 amide bonds. The molecule has 0 radical (unpaired) electrons. The third-order valence-electron chi connectivity index (χ3n) is 0.279. The van der Waals surface area contributed by atoms with Gasteiger partial charge in [-0.3, -0.25) is 4.79 Å². The smallest absolute Gasteiger partial charge is 0.269 e. The highest BCUT2D eigenvalue weighted by atomic mass is 35.6. The van der Waals surface area contributed by atoms with Crippen LogP contribution in [0.5, 0.6) is 0 Å². The van der Waals surface area contributed by atoms with E-state index in [0.29, 0.717) is 0 Å². The lowest BCUT2D eigenvalue weighted by molar-refractivity contribution is -0.117. The number of amides is 1. The summed E-state index contributed by atoms with van der Waals surface area (Å²) in [5.41, 5.74) is 4.53. The SMILES string of the molecule is C.Cl.Cl.NC(=O)C(Cl)(Cl)Cl. The normalized spacial score (nSPS) is 7.90. The molecule has 0 heterocycles. The molecule has 0 saturated carbocycles. The van der Waals surface area contributed by atoms with Crippen molar-refractivity contribution in [3.05, 3.63) is 0 Å². The highest BCUT2D eigenvalue weighted by Crippen LogP contribution is 2.24. The van der Waals surface area contributed by atoms with E-state index in [2.05, 4.69) is 5.73 Å². The van der Waals surface area contributed by atoms with Crippen LogP contribution in [0.4, 0.5) is 0 Å². The quantitative estimate of drug-likeness (QED) is 0.660. The zero-order valence-electron chi connectivity index (χ0n) is 3.94. The van der Waals surface area contributed by atoms with Crippen LogP contribution in [-0.4, -0.2) is 9.70 Å². The first kappa shape index (κ1) is 22.4. The van der Waals surface area contributed by atoms with Gasteiger partial charge in [-0.15, -0.1) is 24.8 Å². The van der Waals surface area contributed by atoms with Crippen LogP contribution in [-0.2, 0) is 4.79 Å². The number of primary amides is 1. The van der Waals surface area contributed by atoms with Crippen LogP contribution in [0.3, 0.4) is 0 Å². The maximum atomic E-state index is 9.85. The van der Waals surface area contributed by atoms with Gasteiger partial charge in [0.1, 0.15) is 0 Å². The molecule has 2 N–H and O–H groups in total. The van der Waals surface area contributed by atoms with E-state index >= 15 is 0 Å². The molecule has 0 aromatic carbocycles. The van der Waals surface area contributed by atoms with Gasteiger partial charge in [0.25, 0.3) is 9.70 Å². The van der Waals surface area contributed by atoms with Gasteiger partial charge in [0.15, 0.2) is 0 Å². The minimum atomic E-state index is -1.94. The zero-order valence-corrected chi connectivity index (χ0v) is 7.84. The summed E-state index contributed by atoms with van der Waals surface area (Å²) in [4.78, 5) is 9.85. The Balaban J connectivity index is -0.0000000600. The highest BCUT2D eigenvalue weighted by Gasteiger charge is 2.26. The first-order valence-corrected chi connectivity index (χ1v) is 2.44. The fraction of sp³-hybridized carbons (Fsp3) is 0.667. The van der Waals surface area contributed by atoms with Gasteiger partial charge in [-0.05, 0) is 0 Å². The monoisotopic (exact) mass is 249 g/mol. The Morgan fingerprint density at radius 2 is 1.30 bits per heavy atom. The van der Waals surface area contributed by atoms with Crippen molar-refractivity contribution in [3.8, 4) is 0 Å². The van der Waals surface area contributed by atoms with E-state index in [4.69, 9.17) is 34.8 Å². The molecule has 0 aromatic rings. The van der Waals surface area contributed by atoms with Crippen molar-refractivity contribution in [1.29, 1.82) is 0 Å². The standard InChI is InChI=1S/C2H2Cl3NO.CH4.2ClH/c3-2(4,5)1(6)7;;;/h(H2,6,7);1H4;2*1H. The Morgan fingerprint density at radius 3 is 1.30 bits per heavy atom. The molecule has 0 aromatic heterocycles. The second-order valence-corrected chi connectivity index (χ2v) is 3.14. The van der Waals surface area contributed by atoms with E-state index in [0.717, 1.165) is 0 Å². The van der Waals surface area contributed by atoms with Crippen LogP contribution in [0, 0.1) is 0 Å². The number of rotatable bonds is 0. The molecule has 0 rings (SSSR count). The maximum Gasteiger partial charge on any atom is 0.269 e. The second kappa shape index (κ2) is 8.02. The van der Waals surface area contributed by atoms with Gasteiger partial charge in [0.05, 0.1) is 0 Å². The van der Waals surface area contributed by atoms with Gasteiger partial charge in [-0.2, -0.15) is 0 Å². The molecule has 0 aliphatic heterocycles. The number of hydrogen-bond acceptors (Lipinski definition) is 1. The van der Waals surface area contributed by atoms with Gasteiger partial charge in [0, 0.05) is 0 Å². The number of alkyl halides is 3. The van der Waals surface area contributed by atoms with Crippen LogP contribution < -0.4 is 5.73 Å². The molecular formula is C3H8Cl5NO. The summed E-state index contributed by atoms with van der Waals surface area (Å²) in [6, 6.07) is 0. The van der Waals surface area contributed by atoms with Crippen molar-refractivity contribution in [2.24, 2.45) is 5.73 Å². The van der Waals surface area contributed by atoms with Gasteiger partial charge >= 0.3 is 0 Å². The Kier molecular flexibility index (Phi) is 18.0. The van der Waals surface area contributed by atoms with E-state index in [1.165, 1.54) is 0 Å². The first-order valence-electron chi connectivity index (χ1n) is 1.31. The third-order valence-corrected chi connectivity index (χ3v) is 0.838. The Morgan fingerprint density at radius 1 is 1.20 bits per heavy atom. The molecule has 66 valence electrons. The van der Waals surface area contributed by atoms with Crippen molar-refractivity contribution in [2.75, 3.05) is 0 Å². The summed E-state index contributed by atoms with van der Waals surface area (Å²) in [7, 11) is 0. The van der Waals surface area contributed by atoms with Crippen molar-refractivity contribution in [3.63, 3.8) is 0 Å². The van der Waals surface area contributed by atoms with E-state index in [9.17, 15) is 4.79 Å². The van der Waals surface area contributed by atoms with E-state index in [1.54, 1.807) is 0 Å². The molecule has 0 aliphatic carbocycles. The molecule has 0 saturated heterocycles. The summed E-state index contributed by atoms with van der Waals surface area (Å²) in [6.07, 6.45) is 0. The molecule has 2 nitrogen and oxygen atoms in total. The Hall–Kier alpha value is 0.920. The molecular weight excluding hydrogens is 243 g/mol. The van der Waals surface area contributed by atoms with Crippen LogP contribution in [0.2, 0.25) is 0 Å². The number of carbonyl (C=O) groups is 1. The van der Waals surface area contributed by atoms with E-state index in [1.807, 2.05) is 0 Å². The fourth-order valence-electron chi connectivity index (χ4n) is 0. The largest absolute Gasteiger partial charge is 0.366 e. The van der Waals surface area contributed by atoms with Crippen LogP contribution in [0.1, 0.15) is 7.43 Å². The van der Waals surface area contributed by atoms with Crippen molar-refractivity contribution >= 4 is 65.5 Å². The average Bonchev–Trinajstić information content (AvgIpc) is 1.31. The number of nitrogens with two attached hydrogens (primary N) is 1. The maximum absolute atomic E-state index is 9.85. The molecule has 7 heteroatoms. The summed E-state index contributed by atoms with van der Waals surface area (Å²) < 4.78 is -1.94. The molecule has 0 fully saturated rings. The molecule has 0 atom stereocenters. The first-order chi connectivity index (χ1) is 2.94. The fourth-order valence-corrected chi connectivity index (χ4v) is 0. The van der Waals surface area contributed by atoms with E-state index in [-0.39, 0.29) is 32.2 Å². The third kappa shape index (κ3) is 11.7. The molecule has 0 unspecified atom stereocenters. The number of hydrogen-bond donors (Lipinski definition) is 1. The lowest BCUT2D eigenvalue weighted by Gasteiger charge is -2.01. The van der Waals surface area contributed by atoms with Crippen LogP contribution >= 0.6 is 59.6 Å². The Labute approximate surface area is 87.2 Å². The van der Waals surface area contributed by atoms with Crippen molar-refractivity contribution in [2.45, 2.75) is 11.2 Å². The van der Waals surface area contributed by atoms with Crippen molar-refractivity contribution in [1.82, 2.24) is 0 Å². The van der Waals surface area contributed by atoms with Gasteiger partial charge in [0.2, 0.25) is 0 Å². The van der Waals surface area contributed by atoms with Gasteiger partial charge in [-0.25, -0.2) is 0 Å². The number of halogens is 5. The minimum absolute atomic E-state index is 0. The zero-order chi connectivity index (χ0) is 6.08. The van der Waals surface area contributed by atoms with E-state index < -0.39 is 9.70 Å². The molecule has 0 aliphatic rings. The lowest BCUT2D eigenvalue weighted by Crippen LogP contribution is -2.27. The average molecular weight is 251 g/mol. The summed E-state index contributed by atoms with van der Waals surface area (Å²) in [5, 5.41) is 0. The highest BCUT2D eigenvalue weighted by molar-refractivity contribution is 6.76. The second-order valence-electron chi connectivity index (χ2n) is 0.862. The van der Waals surface area contributed by atoms with Crippen LogP contribution in [0.15, 0.2) is 0 Å². The predicted octanol–water partition coefficient (Wildman–Crippen LogP) is 2.32. The number of carbonyl (C=O) groups excluding carboxylic acids is 1. The Bertz CT molecular complexity index is 89.4. The lowest BCUT2D eigenvalue weighted by atomic mass is 10.7. The topological polar surface area (TPSA) is 43.1 Å². The summed E-state index contributed by atoms with van der Waals surface area (Å²) in [5.74, 6) is -0.961. The van der Waals surface area contributed by atoms with Crippen molar-refractivity contribution < 1.29 is 4.79 Å². The van der Waals surface area contributed by atoms with Gasteiger partial charge in [-0.1, -0.05) is 42.2 Å². The summed E-state index contributed by atoms with van der Waals surface area (Å²) >= 11 is 14.8. The minimum Gasteiger partial charge on any atom is -0.366 e. The molecule has 10 heavy (non-hydrogen) atoms.